The van der Waals surface area contributed by atoms with Gasteiger partial charge in [0.05, 0.1) is 15.8 Å². The largest absolute Gasteiger partial charge is 0.397 e. The van der Waals surface area contributed by atoms with Crippen molar-refractivity contribution in [2.24, 2.45) is 0 Å². The minimum atomic E-state index is -0.388. The molecule has 0 aliphatic rings. The Morgan fingerprint density at radius 3 is 2.67 bits per heavy atom. The van der Waals surface area contributed by atoms with E-state index in [1.54, 1.807) is 12.1 Å². The summed E-state index contributed by atoms with van der Waals surface area (Å²) in [5.74, 6) is -0.388. The number of hydrogen-bond acceptors (Lipinski definition) is 2. The summed E-state index contributed by atoms with van der Waals surface area (Å²) in [5.41, 5.74) is 8.61. The van der Waals surface area contributed by atoms with Gasteiger partial charge in [-0.1, -0.05) is 17.7 Å². The predicted octanol–water partition coefficient (Wildman–Crippen LogP) is 4.88. The Hall–Kier alpha value is -1.26. The molecule has 0 radical (unpaired) electrons. The molecule has 2 nitrogen and oxygen atoms in total. The number of nitrogen functional groups attached to an aromatic ring is 1. The average Bonchev–Trinajstić information content (AvgIpc) is 2.30. The van der Waals surface area contributed by atoms with Crippen molar-refractivity contribution in [1.29, 1.82) is 0 Å². The summed E-state index contributed by atoms with van der Waals surface area (Å²) < 4.78 is 13.6. The molecule has 0 heterocycles. The van der Waals surface area contributed by atoms with E-state index in [9.17, 15) is 4.39 Å². The molecule has 0 saturated carbocycles. The van der Waals surface area contributed by atoms with E-state index in [1.807, 2.05) is 19.1 Å². The molecular formula is C13H11BrClFN2. The zero-order valence-electron chi connectivity index (χ0n) is 9.60. The molecule has 0 aliphatic heterocycles. The predicted molar refractivity (Wildman–Crippen MR) is 78.0 cm³/mol. The zero-order chi connectivity index (χ0) is 13.3. The van der Waals surface area contributed by atoms with Gasteiger partial charge in [0.1, 0.15) is 5.82 Å². The van der Waals surface area contributed by atoms with Gasteiger partial charge >= 0.3 is 0 Å². The van der Waals surface area contributed by atoms with Crippen molar-refractivity contribution >= 4 is 44.6 Å². The molecular weight excluding hydrogens is 319 g/mol. The normalized spacial score (nSPS) is 10.4. The van der Waals surface area contributed by atoms with Crippen molar-refractivity contribution in [3.63, 3.8) is 0 Å². The monoisotopic (exact) mass is 328 g/mol. The van der Waals surface area contributed by atoms with E-state index < -0.39 is 0 Å². The SMILES string of the molecule is Cc1ccc(Cl)cc1Nc1cc(Br)c(F)cc1N. The number of anilines is 3. The first-order valence-corrected chi connectivity index (χ1v) is 6.42. The van der Waals surface area contributed by atoms with Crippen LogP contribution >= 0.6 is 27.5 Å². The Balaban J connectivity index is 2.40. The maximum absolute atomic E-state index is 13.3. The fourth-order valence-electron chi connectivity index (χ4n) is 1.54. The molecule has 2 aromatic carbocycles. The van der Waals surface area contributed by atoms with Crippen LogP contribution in [0.3, 0.4) is 0 Å². The number of hydrogen-bond donors (Lipinski definition) is 2. The molecule has 0 aromatic heterocycles. The molecule has 0 spiro atoms. The highest BCUT2D eigenvalue weighted by Crippen LogP contribution is 2.31. The maximum atomic E-state index is 13.3. The second-order valence-corrected chi connectivity index (χ2v) is 5.23. The van der Waals surface area contributed by atoms with E-state index in [1.165, 1.54) is 6.07 Å². The Labute approximate surface area is 118 Å². The Morgan fingerprint density at radius 2 is 1.94 bits per heavy atom. The summed E-state index contributed by atoms with van der Waals surface area (Å²) >= 11 is 9.07. The number of aryl methyl sites for hydroxylation is 1. The van der Waals surface area contributed by atoms with Crippen LogP contribution in [-0.4, -0.2) is 0 Å². The molecule has 0 fully saturated rings. The number of nitrogens with one attached hydrogen (secondary N) is 1. The number of rotatable bonds is 2. The molecule has 94 valence electrons. The van der Waals surface area contributed by atoms with Crippen molar-refractivity contribution < 1.29 is 4.39 Å². The van der Waals surface area contributed by atoms with Crippen LogP contribution in [0.4, 0.5) is 21.5 Å². The van der Waals surface area contributed by atoms with Gasteiger partial charge in [0, 0.05) is 16.8 Å². The summed E-state index contributed by atoms with van der Waals surface area (Å²) in [6.45, 7) is 1.95. The van der Waals surface area contributed by atoms with Crippen LogP contribution in [0.1, 0.15) is 5.56 Å². The van der Waals surface area contributed by atoms with E-state index in [0.29, 0.717) is 20.9 Å². The summed E-state index contributed by atoms with van der Waals surface area (Å²) in [6, 6.07) is 8.39. The van der Waals surface area contributed by atoms with Crippen LogP contribution < -0.4 is 11.1 Å². The highest BCUT2D eigenvalue weighted by molar-refractivity contribution is 9.10. The highest BCUT2D eigenvalue weighted by Gasteiger charge is 2.07. The molecule has 2 rings (SSSR count). The lowest BCUT2D eigenvalue weighted by molar-refractivity contribution is 0.622. The molecule has 5 heteroatoms. The zero-order valence-corrected chi connectivity index (χ0v) is 11.9. The highest BCUT2D eigenvalue weighted by atomic mass is 79.9. The summed E-state index contributed by atoms with van der Waals surface area (Å²) in [6.07, 6.45) is 0. The van der Waals surface area contributed by atoms with Crippen molar-refractivity contribution in [3.8, 4) is 0 Å². The van der Waals surface area contributed by atoms with Gasteiger partial charge in [-0.3, -0.25) is 0 Å². The van der Waals surface area contributed by atoms with E-state index >= 15 is 0 Å². The Bertz CT molecular complexity index is 602. The summed E-state index contributed by atoms with van der Waals surface area (Å²) in [7, 11) is 0. The van der Waals surface area contributed by atoms with Crippen molar-refractivity contribution in [2.45, 2.75) is 6.92 Å². The van der Waals surface area contributed by atoms with Crippen LogP contribution in [-0.2, 0) is 0 Å². The van der Waals surface area contributed by atoms with Gasteiger partial charge in [-0.15, -0.1) is 0 Å². The van der Waals surface area contributed by atoms with Gasteiger partial charge < -0.3 is 11.1 Å². The lowest BCUT2D eigenvalue weighted by Crippen LogP contribution is -1.99. The lowest BCUT2D eigenvalue weighted by atomic mass is 10.2. The smallest absolute Gasteiger partial charge is 0.139 e. The number of halogens is 3. The van der Waals surface area contributed by atoms with E-state index in [-0.39, 0.29) is 5.82 Å². The second-order valence-electron chi connectivity index (χ2n) is 3.94. The number of nitrogens with two attached hydrogens (primary N) is 1. The van der Waals surface area contributed by atoms with Gasteiger partial charge in [0.15, 0.2) is 0 Å². The van der Waals surface area contributed by atoms with E-state index in [2.05, 4.69) is 21.2 Å². The van der Waals surface area contributed by atoms with E-state index in [0.717, 1.165) is 11.3 Å². The first kappa shape index (κ1) is 13.2. The molecule has 0 amide bonds. The molecule has 0 aliphatic carbocycles. The molecule has 0 unspecified atom stereocenters. The van der Waals surface area contributed by atoms with Gasteiger partial charge in [-0.25, -0.2) is 4.39 Å². The second kappa shape index (κ2) is 5.16. The van der Waals surface area contributed by atoms with Crippen molar-refractivity contribution in [2.75, 3.05) is 11.1 Å². The molecule has 18 heavy (non-hydrogen) atoms. The van der Waals surface area contributed by atoms with Crippen molar-refractivity contribution in [1.82, 2.24) is 0 Å². The Morgan fingerprint density at radius 1 is 1.22 bits per heavy atom. The molecule has 3 N–H and O–H groups in total. The third-order valence-electron chi connectivity index (χ3n) is 2.56. The van der Waals surface area contributed by atoms with Gasteiger partial charge in [0.2, 0.25) is 0 Å². The van der Waals surface area contributed by atoms with Gasteiger partial charge in [-0.05, 0) is 46.6 Å². The van der Waals surface area contributed by atoms with Crippen LogP contribution in [0.15, 0.2) is 34.8 Å². The molecule has 2 aromatic rings. The standard InChI is InChI=1S/C13H11BrClFN2/c1-7-2-3-8(15)4-12(7)18-13-5-9(14)10(16)6-11(13)17/h2-6,18H,17H2,1H3. The number of benzene rings is 2. The first-order valence-electron chi connectivity index (χ1n) is 5.25. The quantitative estimate of drug-likeness (QED) is 0.771. The fourth-order valence-corrected chi connectivity index (χ4v) is 2.06. The third-order valence-corrected chi connectivity index (χ3v) is 3.40. The minimum Gasteiger partial charge on any atom is -0.397 e. The summed E-state index contributed by atoms with van der Waals surface area (Å²) in [5, 5.41) is 3.77. The van der Waals surface area contributed by atoms with Crippen LogP contribution in [0, 0.1) is 12.7 Å². The minimum absolute atomic E-state index is 0.343. The lowest BCUT2D eigenvalue weighted by Gasteiger charge is -2.13. The molecule has 0 bridgehead atoms. The fraction of sp³-hybridized carbons (Fsp3) is 0.0769. The summed E-state index contributed by atoms with van der Waals surface area (Å²) in [4.78, 5) is 0. The van der Waals surface area contributed by atoms with Crippen LogP contribution in [0.25, 0.3) is 0 Å². The average molecular weight is 330 g/mol. The van der Waals surface area contributed by atoms with Gasteiger partial charge in [-0.2, -0.15) is 0 Å². The van der Waals surface area contributed by atoms with Crippen LogP contribution in [0.5, 0.6) is 0 Å². The van der Waals surface area contributed by atoms with Crippen LogP contribution in [0.2, 0.25) is 5.02 Å². The molecule has 0 saturated heterocycles. The van der Waals surface area contributed by atoms with E-state index in [4.69, 9.17) is 17.3 Å². The van der Waals surface area contributed by atoms with Gasteiger partial charge in [0.25, 0.3) is 0 Å². The maximum Gasteiger partial charge on any atom is 0.139 e. The first-order chi connectivity index (χ1) is 8.47. The topological polar surface area (TPSA) is 38.0 Å². The van der Waals surface area contributed by atoms with Crippen molar-refractivity contribution in [3.05, 3.63) is 51.2 Å². The molecule has 0 atom stereocenters. The third kappa shape index (κ3) is 2.76. The Kier molecular flexibility index (Phi) is 3.78.